The van der Waals surface area contributed by atoms with Crippen LogP contribution in [0.3, 0.4) is 0 Å². The Labute approximate surface area is 164 Å². The highest BCUT2D eigenvalue weighted by molar-refractivity contribution is 5.98. The fourth-order valence-electron chi connectivity index (χ4n) is 3.62. The normalized spacial score (nSPS) is 22.1. The van der Waals surface area contributed by atoms with Crippen LogP contribution in [-0.4, -0.2) is 49.1 Å². The average Bonchev–Trinajstić information content (AvgIpc) is 3.29. The Balaban J connectivity index is 1.43. The highest BCUT2D eigenvalue weighted by atomic mass is 16.5. The summed E-state index contributed by atoms with van der Waals surface area (Å²) >= 11 is 0. The lowest BCUT2D eigenvalue weighted by molar-refractivity contribution is -0.124. The third kappa shape index (κ3) is 4.24. The number of carbonyl (C=O) groups excluding carboxylic acids is 2. The fraction of sp³-hybridized carbons (Fsp3) is 0.364. The molecule has 4 rings (SSSR count). The number of anilines is 1. The molecule has 2 aliphatic rings. The molecule has 146 valence electrons. The molecule has 0 aromatic heterocycles. The Morgan fingerprint density at radius 3 is 2.64 bits per heavy atom. The molecule has 0 bridgehead atoms. The van der Waals surface area contributed by atoms with Crippen molar-refractivity contribution in [3.63, 3.8) is 0 Å². The molecule has 2 saturated heterocycles. The van der Waals surface area contributed by atoms with Gasteiger partial charge in [0.05, 0.1) is 13.2 Å². The van der Waals surface area contributed by atoms with Crippen molar-refractivity contribution in [1.29, 1.82) is 0 Å². The van der Waals surface area contributed by atoms with E-state index >= 15 is 0 Å². The standard InChI is InChI=1S/C22H24N2O4/c25-21(19-10-5-12-27-19)23-18-9-4-8-17(14-18)22(26)24-11-13-28-20(15-24)16-6-2-1-3-7-16/h1-4,6-9,14,19-20H,5,10-13,15H2,(H,23,25)/t19-,20-/m1/s1. The van der Waals surface area contributed by atoms with Crippen LogP contribution in [0, 0.1) is 0 Å². The van der Waals surface area contributed by atoms with Crippen molar-refractivity contribution in [2.24, 2.45) is 0 Å². The SMILES string of the molecule is O=C(Nc1cccc(C(=O)N2CCO[C@@H](c3ccccc3)C2)c1)[C@H]1CCCO1. The van der Waals surface area contributed by atoms with Gasteiger partial charge in [-0.25, -0.2) is 0 Å². The van der Waals surface area contributed by atoms with Crippen molar-refractivity contribution < 1.29 is 19.1 Å². The minimum absolute atomic E-state index is 0.0579. The minimum atomic E-state index is -0.398. The molecule has 2 aromatic rings. The number of benzene rings is 2. The largest absolute Gasteiger partial charge is 0.370 e. The van der Waals surface area contributed by atoms with Gasteiger partial charge in [-0.2, -0.15) is 0 Å². The van der Waals surface area contributed by atoms with Gasteiger partial charge >= 0.3 is 0 Å². The Morgan fingerprint density at radius 2 is 1.86 bits per heavy atom. The number of ether oxygens (including phenoxy) is 2. The van der Waals surface area contributed by atoms with Crippen LogP contribution in [0.1, 0.15) is 34.9 Å². The van der Waals surface area contributed by atoms with E-state index in [0.717, 1.165) is 18.4 Å². The molecule has 0 unspecified atom stereocenters. The highest BCUT2D eigenvalue weighted by Gasteiger charge is 2.27. The third-order valence-electron chi connectivity index (χ3n) is 5.12. The fourth-order valence-corrected chi connectivity index (χ4v) is 3.62. The lowest BCUT2D eigenvalue weighted by atomic mass is 10.1. The van der Waals surface area contributed by atoms with Crippen molar-refractivity contribution in [2.45, 2.75) is 25.0 Å². The van der Waals surface area contributed by atoms with Crippen LogP contribution in [0.15, 0.2) is 54.6 Å². The summed E-state index contributed by atoms with van der Waals surface area (Å²) in [6.45, 7) is 2.18. The molecule has 0 spiro atoms. The maximum absolute atomic E-state index is 13.0. The van der Waals surface area contributed by atoms with E-state index in [2.05, 4.69) is 5.32 Å². The van der Waals surface area contributed by atoms with Crippen LogP contribution in [0.4, 0.5) is 5.69 Å². The van der Waals surface area contributed by atoms with Crippen LogP contribution in [0.25, 0.3) is 0 Å². The molecule has 2 aliphatic heterocycles. The number of nitrogens with one attached hydrogen (secondary N) is 1. The summed E-state index contributed by atoms with van der Waals surface area (Å²) in [6.07, 6.45) is 1.11. The number of amides is 2. The van der Waals surface area contributed by atoms with Crippen molar-refractivity contribution in [3.05, 3.63) is 65.7 Å². The molecule has 6 heteroatoms. The molecule has 0 radical (unpaired) electrons. The van der Waals surface area contributed by atoms with E-state index in [1.807, 2.05) is 35.2 Å². The number of morpholine rings is 1. The quantitative estimate of drug-likeness (QED) is 0.885. The van der Waals surface area contributed by atoms with Crippen LogP contribution < -0.4 is 5.32 Å². The van der Waals surface area contributed by atoms with Gasteiger partial charge < -0.3 is 19.7 Å². The van der Waals surface area contributed by atoms with Crippen molar-refractivity contribution in [2.75, 3.05) is 31.6 Å². The number of hydrogen-bond acceptors (Lipinski definition) is 4. The van der Waals surface area contributed by atoms with E-state index in [1.165, 1.54) is 0 Å². The number of rotatable bonds is 4. The first-order chi connectivity index (χ1) is 13.7. The van der Waals surface area contributed by atoms with E-state index in [4.69, 9.17) is 9.47 Å². The van der Waals surface area contributed by atoms with Gasteiger partial charge in [0, 0.05) is 24.4 Å². The van der Waals surface area contributed by atoms with Gasteiger partial charge in [0.25, 0.3) is 11.8 Å². The molecule has 2 amide bonds. The lowest BCUT2D eigenvalue weighted by Gasteiger charge is -2.33. The van der Waals surface area contributed by atoms with Gasteiger partial charge in [0.2, 0.25) is 0 Å². The Kier molecular flexibility index (Phi) is 5.69. The Morgan fingerprint density at radius 1 is 1.00 bits per heavy atom. The van der Waals surface area contributed by atoms with Crippen molar-refractivity contribution in [3.8, 4) is 0 Å². The molecule has 2 fully saturated rings. The van der Waals surface area contributed by atoms with E-state index in [0.29, 0.717) is 37.6 Å². The number of nitrogens with zero attached hydrogens (tertiary/aromatic N) is 1. The molecule has 6 nitrogen and oxygen atoms in total. The molecule has 2 heterocycles. The molecule has 2 atom stereocenters. The monoisotopic (exact) mass is 380 g/mol. The van der Waals surface area contributed by atoms with Crippen molar-refractivity contribution >= 4 is 17.5 Å². The van der Waals surface area contributed by atoms with Crippen LogP contribution in [0.2, 0.25) is 0 Å². The molecule has 28 heavy (non-hydrogen) atoms. The Bertz CT molecular complexity index is 833. The molecular formula is C22H24N2O4. The summed E-state index contributed by atoms with van der Waals surface area (Å²) < 4.78 is 11.3. The maximum Gasteiger partial charge on any atom is 0.254 e. The smallest absolute Gasteiger partial charge is 0.254 e. The summed E-state index contributed by atoms with van der Waals surface area (Å²) in [5.41, 5.74) is 2.23. The van der Waals surface area contributed by atoms with Gasteiger partial charge in [-0.3, -0.25) is 9.59 Å². The second-order valence-corrected chi connectivity index (χ2v) is 7.09. The molecule has 2 aromatic carbocycles. The van der Waals surface area contributed by atoms with E-state index in [-0.39, 0.29) is 17.9 Å². The predicted octanol–water partition coefficient (Wildman–Crippen LogP) is 3.02. The van der Waals surface area contributed by atoms with E-state index in [9.17, 15) is 9.59 Å². The van der Waals surface area contributed by atoms with Crippen LogP contribution >= 0.6 is 0 Å². The third-order valence-corrected chi connectivity index (χ3v) is 5.12. The van der Waals surface area contributed by atoms with Gasteiger partial charge in [0.1, 0.15) is 12.2 Å². The van der Waals surface area contributed by atoms with Crippen LogP contribution in [-0.2, 0) is 14.3 Å². The summed E-state index contributed by atoms with van der Waals surface area (Å²) in [4.78, 5) is 27.1. The first kappa shape index (κ1) is 18.7. The maximum atomic E-state index is 13.0. The average molecular weight is 380 g/mol. The summed E-state index contributed by atoms with van der Waals surface area (Å²) in [5.74, 6) is -0.213. The molecule has 0 saturated carbocycles. The molecular weight excluding hydrogens is 356 g/mol. The first-order valence-corrected chi connectivity index (χ1v) is 9.69. The van der Waals surface area contributed by atoms with Crippen molar-refractivity contribution in [1.82, 2.24) is 4.90 Å². The topological polar surface area (TPSA) is 67.9 Å². The van der Waals surface area contributed by atoms with E-state index < -0.39 is 6.10 Å². The first-order valence-electron chi connectivity index (χ1n) is 9.69. The number of carbonyl (C=O) groups is 2. The minimum Gasteiger partial charge on any atom is -0.370 e. The van der Waals surface area contributed by atoms with Gasteiger partial charge in [-0.1, -0.05) is 36.4 Å². The second-order valence-electron chi connectivity index (χ2n) is 7.09. The lowest BCUT2D eigenvalue weighted by Crippen LogP contribution is -2.42. The van der Waals surface area contributed by atoms with Gasteiger partial charge in [0.15, 0.2) is 0 Å². The molecule has 0 aliphatic carbocycles. The van der Waals surface area contributed by atoms with E-state index in [1.54, 1.807) is 24.3 Å². The zero-order valence-electron chi connectivity index (χ0n) is 15.7. The van der Waals surface area contributed by atoms with Crippen LogP contribution in [0.5, 0.6) is 0 Å². The zero-order valence-corrected chi connectivity index (χ0v) is 15.7. The number of hydrogen-bond donors (Lipinski definition) is 1. The van der Waals surface area contributed by atoms with Gasteiger partial charge in [-0.05, 0) is 36.6 Å². The zero-order chi connectivity index (χ0) is 19.3. The summed E-state index contributed by atoms with van der Waals surface area (Å²) in [6, 6.07) is 17.0. The highest BCUT2D eigenvalue weighted by Crippen LogP contribution is 2.24. The summed E-state index contributed by atoms with van der Waals surface area (Å²) in [5, 5.41) is 2.86. The summed E-state index contributed by atoms with van der Waals surface area (Å²) in [7, 11) is 0. The Hall–Kier alpha value is -2.70. The second kappa shape index (κ2) is 8.54. The predicted molar refractivity (Wildman–Crippen MR) is 105 cm³/mol. The molecule has 1 N–H and O–H groups in total. The van der Waals surface area contributed by atoms with Gasteiger partial charge in [-0.15, -0.1) is 0 Å².